The molecule has 1 aromatic carbocycles. The third kappa shape index (κ3) is 2.84. The van der Waals surface area contributed by atoms with E-state index in [2.05, 4.69) is 0 Å². The van der Waals surface area contributed by atoms with E-state index in [1.54, 1.807) is 19.1 Å². The molecular weight excluding hydrogens is 244 g/mol. The highest BCUT2D eigenvalue weighted by Gasteiger charge is 2.11. The van der Waals surface area contributed by atoms with Gasteiger partial charge >= 0.3 is 5.63 Å². The Bertz CT molecular complexity index is 669. The van der Waals surface area contributed by atoms with E-state index in [-0.39, 0.29) is 11.4 Å². The molecule has 0 unspecified atom stereocenters. The van der Waals surface area contributed by atoms with Crippen molar-refractivity contribution in [3.8, 4) is 5.75 Å². The molecule has 0 spiro atoms. The van der Waals surface area contributed by atoms with E-state index >= 15 is 0 Å². The number of Topliss-reactive ketones (excluding diaryl/α,β-unsaturated/α-hetero) is 1. The highest BCUT2D eigenvalue weighted by Crippen LogP contribution is 2.23. The number of ketones is 1. The van der Waals surface area contributed by atoms with Crippen LogP contribution in [0.4, 0.5) is 0 Å². The summed E-state index contributed by atoms with van der Waals surface area (Å²) in [6.07, 6.45) is 0.241. The highest BCUT2D eigenvalue weighted by molar-refractivity contribution is 5.82. The van der Waals surface area contributed by atoms with Crippen LogP contribution in [0, 0.1) is 0 Å². The van der Waals surface area contributed by atoms with Crippen molar-refractivity contribution in [3.05, 3.63) is 40.2 Å². The van der Waals surface area contributed by atoms with Gasteiger partial charge in [0.1, 0.15) is 11.3 Å². The van der Waals surface area contributed by atoms with Gasteiger partial charge in [0.05, 0.1) is 0 Å². The molecular formula is C15H16O4. The molecule has 0 N–H and O–H groups in total. The van der Waals surface area contributed by atoms with Crippen LogP contribution in [-0.2, 0) is 11.2 Å². The van der Waals surface area contributed by atoms with Crippen LogP contribution in [-0.4, -0.2) is 11.9 Å². The number of carbonyl (C=O) groups is 1. The fourth-order valence-corrected chi connectivity index (χ4v) is 1.86. The number of ether oxygens (including phenoxy) is 1. The molecule has 0 fully saturated rings. The molecule has 0 aliphatic rings. The van der Waals surface area contributed by atoms with Gasteiger partial charge in [0.25, 0.3) is 0 Å². The maximum absolute atomic E-state index is 11.4. The van der Waals surface area contributed by atoms with Gasteiger partial charge in [0.2, 0.25) is 0 Å². The first-order chi connectivity index (χ1) is 9.01. The lowest BCUT2D eigenvalue weighted by molar-refractivity contribution is -0.122. The summed E-state index contributed by atoms with van der Waals surface area (Å²) in [6, 6.07) is 6.77. The van der Waals surface area contributed by atoms with Gasteiger partial charge in [-0.2, -0.15) is 0 Å². The lowest BCUT2D eigenvalue weighted by atomic mass is 10.1. The first-order valence-corrected chi connectivity index (χ1v) is 6.25. The van der Waals surface area contributed by atoms with Crippen molar-refractivity contribution in [2.45, 2.75) is 33.3 Å². The summed E-state index contributed by atoms with van der Waals surface area (Å²) in [7, 11) is 0. The molecule has 0 aliphatic carbocycles. The van der Waals surface area contributed by atoms with Crippen molar-refractivity contribution < 1.29 is 13.9 Å². The average Bonchev–Trinajstić information content (AvgIpc) is 2.37. The summed E-state index contributed by atoms with van der Waals surface area (Å²) in [5.74, 6) is 0.468. The van der Waals surface area contributed by atoms with Gasteiger partial charge in [0.15, 0.2) is 11.9 Å². The number of benzene rings is 1. The quantitative estimate of drug-likeness (QED) is 0.793. The fourth-order valence-electron chi connectivity index (χ4n) is 1.86. The molecule has 1 atom stereocenters. The SMILES string of the molecule is CCc1cc(=O)oc2cc(O[C@H](C)C(C)=O)ccc12. The predicted octanol–water partition coefficient (Wildman–Crippen LogP) is 2.71. The van der Waals surface area contributed by atoms with Crippen molar-refractivity contribution in [3.63, 3.8) is 0 Å². The molecule has 2 rings (SSSR count). The molecule has 2 aromatic rings. The Balaban J connectivity index is 2.46. The van der Waals surface area contributed by atoms with Gasteiger partial charge in [-0.15, -0.1) is 0 Å². The van der Waals surface area contributed by atoms with Crippen LogP contribution in [0.25, 0.3) is 11.0 Å². The lowest BCUT2D eigenvalue weighted by Gasteiger charge is -2.12. The van der Waals surface area contributed by atoms with Gasteiger partial charge < -0.3 is 9.15 Å². The van der Waals surface area contributed by atoms with Crippen molar-refractivity contribution in [1.29, 1.82) is 0 Å². The van der Waals surface area contributed by atoms with Gasteiger partial charge in [-0.3, -0.25) is 4.79 Å². The van der Waals surface area contributed by atoms with Crippen LogP contribution < -0.4 is 10.4 Å². The summed E-state index contributed by atoms with van der Waals surface area (Å²) >= 11 is 0. The minimum Gasteiger partial charge on any atom is -0.483 e. The summed E-state index contributed by atoms with van der Waals surface area (Å²) in [4.78, 5) is 22.6. The van der Waals surface area contributed by atoms with E-state index < -0.39 is 6.10 Å². The van der Waals surface area contributed by atoms with E-state index in [1.807, 2.05) is 13.0 Å². The standard InChI is InChI=1S/C15H16O4/c1-4-11-7-15(17)19-14-8-12(5-6-13(11)14)18-10(3)9(2)16/h5-8,10H,4H2,1-3H3/t10-/m1/s1. The van der Waals surface area contributed by atoms with Crippen molar-refractivity contribution in [2.24, 2.45) is 0 Å². The number of hydrogen-bond acceptors (Lipinski definition) is 4. The highest BCUT2D eigenvalue weighted by atomic mass is 16.5. The number of fused-ring (bicyclic) bond motifs is 1. The van der Waals surface area contributed by atoms with Crippen molar-refractivity contribution >= 4 is 16.8 Å². The van der Waals surface area contributed by atoms with Crippen molar-refractivity contribution in [2.75, 3.05) is 0 Å². The van der Waals surface area contributed by atoms with Crippen LogP contribution in [0.2, 0.25) is 0 Å². The summed E-state index contributed by atoms with van der Waals surface area (Å²) < 4.78 is 10.7. The number of aryl methyl sites for hydroxylation is 1. The maximum Gasteiger partial charge on any atom is 0.336 e. The predicted molar refractivity (Wildman–Crippen MR) is 72.6 cm³/mol. The fraction of sp³-hybridized carbons (Fsp3) is 0.333. The molecule has 1 heterocycles. The molecule has 19 heavy (non-hydrogen) atoms. The molecule has 0 saturated heterocycles. The van der Waals surface area contributed by atoms with Gasteiger partial charge in [0, 0.05) is 17.5 Å². The van der Waals surface area contributed by atoms with Crippen LogP contribution in [0.15, 0.2) is 33.5 Å². The molecule has 4 heteroatoms. The van der Waals surface area contributed by atoms with E-state index in [0.29, 0.717) is 11.3 Å². The van der Waals surface area contributed by atoms with Crippen LogP contribution in [0.5, 0.6) is 5.75 Å². The Morgan fingerprint density at radius 3 is 2.74 bits per heavy atom. The van der Waals surface area contributed by atoms with E-state index in [1.165, 1.54) is 13.0 Å². The normalized spacial score (nSPS) is 12.4. The molecule has 0 radical (unpaired) electrons. The Morgan fingerprint density at radius 2 is 2.11 bits per heavy atom. The molecule has 0 amide bonds. The Kier molecular flexibility index (Phi) is 3.69. The maximum atomic E-state index is 11.4. The zero-order chi connectivity index (χ0) is 14.0. The van der Waals surface area contributed by atoms with Gasteiger partial charge in [-0.25, -0.2) is 4.79 Å². The summed E-state index contributed by atoms with van der Waals surface area (Å²) in [6.45, 7) is 5.14. The summed E-state index contributed by atoms with van der Waals surface area (Å²) in [5.41, 5.74) is 1.05. The Labute approximate surface area is 111 Å². The number of rotatable bonds is 4. The first kappa shape index (κ1) is 13.3. The minimum atomic E-state index is -0.515. The number of hydrogen-bond donors (Lipinski definition) is 0. The van der Waals surface area contributed by atoms with E-state index in [0.717, 1.165) is 17.4 Å². The van der Waals surface area contributed by atoms with E-state index in [9.17, 15) is 9.59 Å². The van der Waals surface area contributed by atoms with Crippen molar-refractivity contribution in [1.82, 2.24) is 0 Å². The number of carbonyl (C=O) groups excluding carboxylic acids is 1. The van der Waals surface area contributed by atoms with Gasteiger partial charge in [-0.05, 0) is 38.0 Å². The zero-order valence-electron chi connectivity index (χ0n) is 11.2. The monoisotopic (exact) mass is 260 g/mol. The molecule has 0 bridgehead atoms. The van der Waals surface area contributed by atoms with E-state index in [4.69, 9.17) is 9.15 Å². The second-order valence-corrected chi connectivity index (χ2v) is 4.47. The van der Waals surface area contributed by atoms with Crippen LogP contribution >= 0.6 is 0 Å². The first-order valence-electron chi connectivity index (χ1n) is 6.25. The Hall–Kier alpha value is -2.10. The Morgan fingerprint density at radius 1 is 1.37 bits per heavy atom. The molecule has 0 aliphatic heterocycles. The topological polar surface area (TPSA) is 56.5 Å². The summed E-state index contributed by atoms with van der Waals surface area (Å²) in [5, 5.41) is 0.893. The molecule has 100 valence electrons. The second-order valence-electron chi connectivity index (χ2n) is 4.47. The average molecular weight is 260 g/mol. The zero-order valence-corrected chi connectivity index (χ0v) is 11.2. The third-order valence-electron chi connectivity index (χ3n) is 3.07. The van der Waals surface area contributed by atoms with Crippen LogP contribution in [0.1, 0.15) is 26.3 Å². The largest absolute Gasteiger partial charge is 0.483 e. The molecule has 0 saturated carbocycles. The minimum absolute atomic E-state index is 0.0520. The molecule has 4 nitrogen and oxygen atoms in total. The van der Waals surface area contributed by atoms with Crippen LogP contribution in [0.3, 0.4) is 0 Å². The third-order valence-corrected chi connectivity index (χ3v) is 3.07. The smallest absolute Gasteiger partial charge is 0.336 e. The lowest BCUT2D eigenvalue weighted by Crippen LogP contribution is -2.20. The van der Waals surface area contributed by atoms with Gasteiger partial charge in [-0.1, -0.05) is 6.92 Å². The second kappa shape index (κ2) is 5.26. The molecule has 1 aromatic heterocycles.